The van der Waals surface area contributed by atoms with Gasteiger partial charge in [-0.1, -0.05) is 11.3 Å². The van der Waals surface area contributed by atoms with E-state index in [4.69, 9.17) is 0 Å². The van der Waals surface area contributed by atoms with Crippen molar-refractivity contribution in [1.82, 2.24) is 20.1 Å². The number of hydrogen-bond donors (Lipinski definition) is 1. The standard InChI is InChI=1S/C8H10N4/c1-9-6-7-8-4-2-3-5-12(8)11-10-7/h2-5,9H,6H2,1H3. The van der Waals surface area contributed by atoms with E-state index in [0.717, 1.165) is 17.8 Å². The SMILES string of the molecule is CNCc1nnn2ccccc12. The van der Waals surface area contributed by atoms with E-state index in [-0.39, 0.29) is 0 Å². The molecule has 0 radical (unpaired) electrons. The first-order valence-corrected chi connectivity index (χ1v) is 3.85. The summed E-state index contributed by atoms with van der Waals surface area (Å²) in [5, 5.41) is 11.0. The fourth-order valence-electron chi connectivity index (χ4n) is 1.19. The van der Waals surface area contributed by atoms with Gasteiger partial charge in [-0.05, 0) is 19.2 Å². The minimum absolute atomic E-state index is 0.757. The van der Waals surface area contributed by atoms with E-state index in [1.807, 2.05) is 31.4 Å². The number of fused-ring (bicyclic) bond motifs is 1. The first-order chi connectivity index (χ1) is 5.92. The zero-order valence-corrected chi connectivity index (χ0v) is 6.86. The minimum atomic E-state index is 0.757. The Morgan fingerprint density at radius 3 is 3.25 bits per heavy atom. The summed E-state index contributed by atoms with van der Waals surface area (Å²) in [6.07, 6.45) is 1.89. The Morgan fingerprint density at radius 2 is 2.42 bits per heavy atom. The van der Waals surface area contributed by atoms with E-state index in [2.05, 4.69) is 15.6 Å². The van der Waals surface area contributed by atoms with Crippen molar-refractivity contribution in [3.8, 4) is 0 Å². The van der Waals surface area contributed by atoms with Crippen LogP contribution in [0.15, 0.2) is 24.4 Å². The molecule has 4 heteroatoms. The second-order valence-electron chi connectivity index (χ2n) is 2.60. The summed E-state index contributed by atoms with van der Waals surface area (Å²) < 4.78 is 1.77. The molecule has 0 spiro atoms. The van der Waals surface area contributed by atoms with E-state index in [1.165, 1.54) is 0 Å². The zero-order valence-electron chi connectivity index (χ0n) is 6.86. The molecule has 62 valence electrons. The Kier molecular flexibility index (Phi) is 1.75. The van der Waals surface area contributed by atoms with Gasteiger partial charge in [0, 0.05) is 12.7 Å². The maximum atomic E-state index is 4.04. The first-order valence-electron chi connectivity index (χ1n) is 3.85. The lowest BCUT2D eigenvalue weighted by Crippen LogP contribution is -2.05. The van der Waals surface area contributed by atoms with Gasteiger partial charge in [-0.3, -0.25) is 0 Å². The van der Waals surface area contributed by atoms with Crippen LogP contribution in [0.3, 0.4) is 0 Å². The van der Waals surface area contributed by atoms with Crippen molar-refractivity contribution in [3.63, 3.8) is 0 Å². The van der Waals surface area contributed by atoms with Gasteiger partial charge < -0.3 is 5.32 Å². The van der Waals surface area contributed by atoms with Crippen molar-refractivity contribution in [2.24, 2.45) is 0 Å². The third-order valence-corrected chi connectivity index (χ3v) is 1.74. The fourth-order valence-corrected chi connectivity index (χ4v) is 1.19. The van der Waals surface area contributed by atoms with Crippen LogP contribution in [0, 0.1) is 0 Å². The van der Waals surface area contributed by atoms with Crippen LogP contribution in [0.4, 0.5) is 0 Å². The van der Waals surface area contributed by atoms with Crippen molar-refractivity contribution in [2.45, 2.75) is 6.54 Å². The molecule has 0 aromatic carbocycles. The largest absolute Gasteiger partial charge is 0.314 e. The van der Waals surface area contributed by atoms with E-state index in [0.29, 0.717) is 0 Å². The highest BCUT2D eigenvalue weighted by Gasteiger charge is 2.01. The molecular weight excluding hydrogens is 152 g/mol. The Labute approximate surface area is 70.2 Å². The number of hydrogen-bond acceptors (Lipinski definition) is 3. The maximum absolute atomic E-state index is 4.04. The molecule has 0 saturated heterocycles. The number of nitrogens with zero attached hydrogens (tertiary/aromatic N) is 3. The number of rotatable bonds is 2. The van der Waals surface area contributed by atoms with Gasteiger partial charge in [-0.2, -0.15) is 0 Å². The molecule has 2 rings (SSSR count). The lowest BCUT2D eigenvalue weighted by atomic mass is 10.3. The molecule has 2 heterocycles. The van der Waals surface area contributed by atoms with Gasteiger partial charge in [0.2, 0.25) is 0 Å². The van der Waals surface area contributed by atoms with Crippen LogP contribution >= 0.6 is 0 Å². The van der Waals surface area contributed by atoms with Gasteiger partial charge >= 0.3 is 0 Å². The average Bonchev–Trinajstić information content (AvgIpc) is 2.50. The van der Waals surface area contributed by atoms with Crippen LogP contribution in [0.1, 0.15) is 5.69 Å². The maximum Gasteiger partial charge on any atom is 0.104 e. The second kappa shape index (κ2) is 2.91. The number of nitrogens with one attached hydrogen (secondary N) is 1. The molecule has 0 unspecified atom stereocenters. The molecule has 1 N–H and O–H groups in total. The van der Waals surface area contributed by atoms with Gasteiger partial charge in [0.05, 0.1) is 5.52 Å². The smallest absolute Gasteiger partial charge is 0.104 e. The van der Waals surface area contributed by atoms with Gasteiger partial charge in [-0.15, -0.1) is 5.10 Å². The van der Waals surface area contributed by atoms with Gasteiger partial charge in [-0.25, -0.2) is 4.52 Å². The topological polar surface area (TPSA) is 42.2 Å². The van der Waals surface area contributed by atoms with Crippen LogP contribution in [0.5, 0.6) is 0 Å². The molecule has 0 fully saturated rings. The molecule has 0 aliphatic carbocycles. The lowest BCUT2D eigenvalue weighted by Gasteiger charge is -1.93. The average molecular weight is 162 g/mol. The first kappa shape index (κ1) is 7.24. The summed E-state index contributed by atoms with van der Waals surface area (Å²) in [4.78, 5) is 0. The molecule has 0 saturated carbocycles. The minimum Gasteiger partial charge on any atom is -0.314 e. The van der Waals surface area contributed by atoms with Crippen LogP contribution in [-0.2, 0) is 6.54 Å². The Hall–Kier alpha value is -1.42. The number of aromatic nitrogens is 3. The molecule has 0 atom stereocenters. The lowest BCUT2D eigenvalue weighted by molar-refractivity contribution is 0.775. The van der Waals surface area contributed by atoms with Crippen molar-refractivity contribution in [3.05, 3.63) is 30.1 Å². The summed E-state index contributed by atoms with van der Waals surface area (Å²) >= 11 is 0. The van der Waals surface area contributed by atoms with E-state index in [9.17, 15) is 0 Å². The van der Waals surface area contributed by atoms with E-state index in [1.54, 1.807) is 4.52 Å². The third kappa shape index (κ3) is 1.06. The van der Waals surface area contributed by atoms with Gasteiger partial charge in [0.25, 0.3) is 0 Å². The monoisotopic (exact) mass is 162 g/mol. The highest BCUT2D eigenvalue weighted by Crippen LogP contribution is 2.05. The van der Waals surface area contributed by atoms with Crippen molar-refractivity contribution in [1.29, 1.82) is 0 Å². The molecule has 0 bridgehead atoms. The normalized spacial score (nSPS) is 10.8. The molecule has 0 aliphatic heterocycles. The van der Waals surface area contributed by atoms with Gasteiger partial charge in [0.1, 0.15) is 5.69 Å². The fraction of sp³-hybridized carbons (Fsp3) is 0.250. The van der Waals surface area contributed by atoms with Crippen molar-refractivity contribution in [2.75, 3.05) is 7.05 Å². The van der Waals surface area contributed by atoms with E-state index >= 15 is 0 Å². The summed E-state index contributed by atoms with van der Waals surface area (Å²) in [7, 11) is 1.90. The molecule has 0 amide bonds. The predicted octanol–water partition coefficient (Wildman–Crippen LogP) is 0.449. The number of pyridine rings is 1. The molecule has 4 nitrogen and oxygen atoms in total. The molecule has 0 aliphatic rings. The summed E-state index contributed by atoms with van der Waals surface area (Å²) in [6, 6.07) is 5.93. The second-order valence-corrected chi connectivity index (χ2v) is 2.60. The molecular formula is C8H10N4. The third-order valence-electron chi connectivity index (χ3n) is 1.74. The quantitative estimate of drug-likeness (QED) is 0.697. The van der Waals surface area contributed by atoms with Crippen molar-refractivity contribution >= 4 is 5.52 Å². The molecule has 2 aromatic rings. The van der Waals surface area contributed by atoms with Crippen LogP contribution in [0.2, 0.25) is 0 Å². The predicted molar refractivity (Wildman–Crippen MR) is 45.8 cm³/mol. The molecule has 12 heavy (non-hydrogen) atoms. The highest BCUT2D eigenvalue weighted by molar-refractivity contribution is 5.49. The Balaban J connectivity index is 2.55. The zero-order chi connectivity index (χ0) is 8.39. The Morgan fingerprint density at radius 1 is 1.50 bits per heavy atom. The van der Waals surface area contributed by atoms with Crippen LogP contribution in [-0.4, -0.2) is 21.9 Å². The van der Waals surface area contributed by atoms with E-state index < -0.39 is 0 Å². The molecule has 2 aromatic heterocycles. The summed E-state index contributed by atoms with van der Waals surface area (Å²) in [6.45, 7) is 0.757. The summed E-state index contributed by atoms with van der Waals surface area (Å²) in [5.41, 5.74) is 2.05. The van der Waals surface area contributed by atoms with Crippen LogP contribution < -0.4 is 5.32 Å². The summed E-state index contributed by atoms with van der Waals surface area (Å²) in [5.74, 6) is 0. The van der Waals surface area contributed by atoms with Crippen LogP contribution in [0.25, 0.3) is 5.52 Å². The van der Waals surface area contributed by atoms with Crippen molar-refractivity contribution < 1.29 is 0 Å². The van der Waals surface area contributed by atoms with Gasteiger partial charge in [0.15, 0.2) is 0 Å². The highest BCUT2D eigenvalue weighted by atomic mass is 15.4. The Bertz CT molecular complexity index is 379.